The molecule has 4 amide bonds. The molecule has 5 aromatic carbocycles. The summed E-state index contributed by atoms with van der Waals surface area (Å²) in [5.41, 5.74) is 11.2. The lowest BCUT2D eigenvalue weighted by atomic mass is 9.86. The van der Waals surface area contributed by atoms with Gasteiger partial charge in [0, 0.05) is 138 Å². The summed E-state index contributed by atoms with van der Waals surface area (Å²) < 4.78 is 0. The van der Waals surface area contributed by atoms with Crippen LogP contribution in [-0.2, 0) is 38.4 Å². The van der Waals surface area contributed by atoms with Crippen molar-refractivity contribution < 1.29 is 183 Å². The standard InChI is InChI=1S/C55H59Cl2N5O17.5C2H6.15CH4O.20CH4.4H2O/c1-25(2)15-40(58)54(77)62-48(50(73)28-7-13-41(67)38(56)18-28)43(69)20-31(21-46(59)72)52(75)60-47(27-5-11-33(64)12-6-27)44(70)23-36(26-3-9-32(63)10-4-26)53(76)61-49(51(74)29-8-14-42(68)39(57)19-29)45(71)24-37(55(78)79)30-16-34(65)22-35(66)17-30;20*1-2;;;;;;;;;;;;;;;;;;;;;;;;/h3-14,16-19,22,25,31,36-37,40,47-51,63-68,73-74H,15,20-21,23-24,58H2,1-2H3,(H2,59,72)(H,60,75)(H,61,76)(H,62,77)(H,78,79);5*1-2H3;15*2H,1H3;20*1H4;4*1H2. The first kappa shape index (κ1) is 268. The van der Waals surface area contributed by atoms with Gasteiger partial charge in [0.2, 0.25) is 23.6 Å². The van der Waals surface area contributed by atoms with Gasteiger partial charge in [-0.3, -0.25) is 38.4 Å². The van der Waals surface area contributed by atoms with E-state index in [2.05, 4.69) is 16.0 Å². The summed E-state index contributed by atoms with van der Waals surface area (Å²) in [5.74, 6) is -16.9. The summed E-state index contributed by atoms with van der Waals surface area (Å²) in [4.78, 5) is 111. The Bertz CT molecular complexity index is 3110. The minimum atomic E-state index is -2.07. The second-order valence-electron chi connectivity index (χ2n) is 19.2. The number of hydrogen-bond acceptors (Lipinski definition) is 32. The third-order valence-electron chi connectivity index (χ3n) is 12.8. The number of aromatic hydroxyl groups is 6. The number of carboxylic acids is 1. The lowest BCUT2D eigenvalue weighted by Gasteiger charge is -2.28. The molecule has 892 valence electrons. The number of benzene rings is 5. The van der Waals surface area contributed by atoms with Gasteiger partial charge < -0.3 is 172 Å². The van der Waals surface area contributed by atoms with Gasteiger partial charge in [0.05, 0.1) is 33.8 Å². The second-order valence-corrected chi connectivity index (χ2v) is 20.1. The van der Waals surface area contributed by atoms with Crippen LogP contribution >= 0.6 is 23.2 Å². The first-order valence-electron chi connectivity index (χ1n) is 36.0. The number of hydrogen-bond donors (Lipinski definition) is 29. The number of primary amides is 1. The highest BCUT2D eigenvalue weighted by Crippen LogP contribution is 2.35. The minimum Gasteiger partial charge on any atom is -0.508 e. The predicted octanol–water partition coefficient (Wildman–Crippen LogP) is 12.9. The van der Waals surface area contributed by atoms with Crippen LogP contribution in [0.1, 0.15) is 322 Å². The first-order chi connectivity index (χ1) is 57.1. The van der Waals surface area contributed by atoms with Gasteiger partial charge in [-0.05, 0) is 101 Å². The number of Topliss-reactive ketones (excluding diaryl/α,β-unsaturated/α-hetero) is 3. The van der Waals surface area contributed by atoms with E-state index in [0.717, 1.165) is 179 Å². The van der Waals surface area contributed by atoms with Crippen LogP contribution in [0.3, 0.4) is 0 Å². The molecule has 0 aromatic heterocycles. The molecule has 5 aromatic rings. The van der Waals surface area contributed by atoms with Gasteiger partial charge in [-0.15, -0.1) is 0 Å². The van der Waals surface area contributed by atoms with Crippen molar-refractivity contribution in [3.05, 3.63) is 141 Å². The zero-order valence-corrected chi connectivity index (χ0v) is 77.5. The Morgan fingerprint density at radius 3 is 0.797 bits per heavy atom. The average molecular weight is 2160 g/mol. The summed E-state index contributed by atoms with van der Waals surface area (Å²) >= 11 is 12.2. The van der Waals surface area contributed by atoms with Gasteiger partial charge in [0.15, 0.2) is 17.3 Å². The van der Waals surface area contributed by atoms with Crippen LogP contribution in [0, 0.1) is 11.8 Å². The summed E-state index contributed by atoms with van der Waals surface area (Å²) in [6.07, 6.45) is -7.42. The number of phenolic OH excluding ortho intramolecular Hbond substituents is 6. The molecule has 39 N–H and O–H groups in total. The monoisotopic (exact) mass is 2150 g/mol. The quantitative estimate of drug-likeness (QED) is 0.0232. The van der Waals surface area contributed by atoms with Crippen molar-refractivity contribution in [2.24, 2.45) is 23.3 Å². The van der Waals surface area contributed by atoms with Crippen molar-refractivity contribution in [2.75, 3.05) is 107 Å². The van der Waals surface area contributed by atoms with Crippen molar-refractivity contribution in [1.82, 2.24) is 16.0 Å². The van der Waals surface area contributed by atoms with Crippen molar-refractivity contribution in [1.29, 1.82) is 0 Å². The predicted molar refractivity (Wildman–Crippen MR) is 612 cm³/mol. The Morgan fingerprint density at radius 2 is 0.545 bits per heavy atom. The molecule has 0 bridgehead atoms. The summed E-state index contributed by atoms with van der Waals surface area (Å²) in [7, 11) is 15.0. The van der Waals surface area contributed by atoms with Crippen molar-refractivity contribution >= 4 is 70.1 Å². The van der Waals surface area contributed by atoms with Gasteiger partial charge in [-0.25, -0.2) is 0 Å². The van der Waals surface area contributed by atoms with Crippen LogP contribution in [0.4, 0.5) is 0 Å². The van der Waals surface area contributed by atoms with Crippen molar-refractivity contribution in [3.8, 4) is 34.5 Å². The van der Waals surface area contributed by atoms with E-state index in [9.17, 15) is 84.3 Å². The lowest BCUT2D eigenvalue weighted by molar-refractivity contribution is -0.141. The molecule has 143 heavy (non-hydrogen) atoms. The van der Waals surface area contributed by atoms with E-state index < -0.39 is 144 Å². The molecule has 0 saturated carbocycles. The molecule has 0 saturated heterocycles. The fourth-order valence-corrected chi connectivity index (χ4v) is 9.01. The van der Waals surface area contributed by atoms with Gasteiger partial charge in [-0.2, -0.15) is 0 Å². The molecule has 41 nitrogen and oxygen atoms in total. The van der Waals surface area contributed by atoms with Crippen molar-refractivity contribution in [2.45, 2.75) is 312 Å². The van der Waals surface area contributed by atoms with Gasteiger partial charge >= 0.3 is 5.97 Å². The molecule has 0 aliphatic rings. The Morgan fingerprint density at radius 1 is 0.301 bits per heavy atom. The summed E-state index contributed by atoms with van der Waals surface area (Å²) in [6, 6.07) is 12.3. The maximum absolute atomic E-state index is 14.9. The van der Waals surface area contributed by atoms with Crippen LogP contribution in [0.15, 0.2) is 103 Å². The van der Waals surface area contributed by atoms with E-state index in [0.29, 0.717) is 0 Å². The number of aliphatic hydroxyl groups excluding tert-OH is 17. The van der Waals surface area contributed by atoms with Gasteiger partial charge in [0.25, 0.3) is 0 Å². The Hall–Kier alpha value is -9.04. The molecule has 9 atom stereocenters. The number of amides is 4. The first-order valence-corrected chi connectivity index (χ1v) is 36.8. The van der Waals surface area contributed by atoms with Crippen LogP contribution < -0.4 is 27.4 Å². The molecule has 0 aliphatic heterocycles. The third-order valence-corrected chi connectivity index (χ3v) is 13.4. The van der Waals surface area contributed by atoms with E-state index >= 15 is 0 Å². The Kier molecular flexibility index (Phi) is 366. The number of aliphatic hydroxyl groups is 17. The summed E-state index contributed by atoms with van der Waals surface area (Å²) in [5, 5.41) is 206. The number of halogens is 2. The second kappa shape index (κ2) is 195. The Labute approximate surface area is 882 Å². The number of nitrogens with two attached hydrogens (primary N) is 2. The normalized spacial score (nSPS) is 8.98. The number of phenols is 6. The van der Waals surface area contributed by atoms with Gasteiger partial charge in [-0.1, -0.05) is 291 Å². The SMILES string of the molecule is C.C.C.C.C.C.C.C.C.C.C.C.C.C.C.C.C.C.C.C.CC.CC.CC.CC.CC.CC(C)CC(N)C(=O)NC(C(=O)CC(CC(N)=O)C(=O)NC(C(=O)CC(C(=O)NC(C(=O)CC(C(=O)O)c1cc(O)cc(O)c1)C(O)c1ccc(O)c(Cl)c1)c1ccc(O)cc1)c1ccc(O)cc1)C(O)c1ccc(O)c(Cl)c1.CO.CO.CO.CO.CO.CO.CO.CO.CO.CO.CO.CO.CO.CO.CO.O.O.O.O. The number of carbonyl (C=O) groups is 8. The molecule has 0 heterocycles. The van der Waals surface area contributed by atoms with E-state index in [1.807, 2.05) is 69.2 Å². The van der Waals surface area contributed by atoms with E-state index in [4.69, 9.17) is 111 Å². The summed E-state index contributed by atoms with van der Waals surface area (Å²) in [6.45, 7) is 23.6. The molecule has 0 spiro atoms. The molecular formula is C100H237Cl2N5O36. The number of nitrogens with one attached hydrogen (secondary N) is 3. The maximum Gasteiger partial charge on any atom is 0.311 e. The van der Waals surface area contributed by atoms with E-state index in [-0.39, 0.29) is 238 Å². The molecular weight excluding hydrogens is 1920 g/mol. The maximum atomic E-state index is 14.9. The molecule has 5 rings (SSSR count). The van der Waals surface area contributed by atoms with Crippen molar-refractivity contribution in [3.63, 3.8) is 0 Å². The van der Waals surface area contributed by atoms with E-state index in [1.165, 1.54) is 30.3 Å². The van der Waals surface area contributed by atoms with Crippen LogP contribution in [-0.4, -0.2) is 316 Å². The topological polar surface area (TPSA) is 836 Å². The highest BCUT2D eigenvalue weighted by atomic mass is 35.5. The number of ketones is 3. The van der Waals surface area contributed by atoms with Gasteiger partial charge in [0.1, 0.15) is 64.8 Å². The molecule has 9 unspecified atom stereocenters. The number of carboxylic acid groups (broad SMARTS) is 1. The third kappa shape index (κ3) is 122. The number of carbonyl (C=O) groups excluding carboxylic acids is 7. The fraction of sp³-hybridized carbons (Fsp3) is 0.620. The van der Waals surface area contributed by atoms with Crippen LogP contribution in [0.25, 0.3) is 0 Å². The fourth-order valence-electron chi connectivity index (χ4n) is 8.63. The molecule has 0 fully saturated rings. The molecule has 0 radical (unpaired) electrons. The smallest absolute Gasteiger partial charge is 0.311 e. The minimum absolute atomic E-state index is 0. The highest BCUT2D eigenvalue weighted by Gasteiger charge is 2.40. The average Bonchev–Trinajstić information content (AvgIpc) is 0.812. The van der Waals surface area contributed by atoms with Crippen LogP contribution in [0.2, 0.25) is 10.0 Å². The lowest BCUT2D eigenvalue weighted by Crippen LogP contribution is -2.52. The van der Waals surface area contributed by atoms with Crippen LogP contribution in [0.5, 0.6) is 34.5 Å². The Balaban J connectivity index is -0.0000000390. The largest absolute Gasteiger partial charge is 0.508 e. The molecule has 43 heteroatoms. The molecule has 0 aliphatic carbocycles. The highest BCUT2D eigenvalue weighted by molar-refractivity contribution is 6.32. The number of aliphatic carboxylic acids is 1. The number of rotatable bonds is 27. The van der Waals surface area contributed by atoms with E-state index in [1.54, 1.807) is 13.8 Å². The zero-order chi connectivity index (χ0) is 98.6. The zero-order valence-electron chi connectivity index (χ0n) is 76.0.